The van der Waals surface area contributed by atoms with Crippen molar-refractivity contribution in [1.82, 2.24) is 0 Å². The zero-order valence-electron chi connectivity index (χ0n) is 47.1. The van der Waals surface area contributed by atoms with Gasteiger partial charge >= 0.3 is 17.9 Å². The van der Waals surface area contributed by atoms with Crippen molar-refractivity contribution < 1.29 is 42.9 Å². The van der Waals surface area contributed by atoms with E-state index in [4.69, 9.17) is 18.9 Å². The topological polar surface area (TPSA) is 108 Å². The van der Waals surface area contributed by atoms with E-state index in [0.717, 1.165) is 116 Å². The van der Waals surface area contributed by atoms with E-state index in [9.17, 15) is 19.5 Å². The Morgan fingerprint density at radius 2 is 0.747 bits per heavy atom. The number of carbonyl (C=O) groups excluding carboxylic acids is 2. The van der Waals surface area contributed by atoms with Gasteiger partial charge in [0.15, 0.2) is 6.10 Å². The summed E-state index contributed by atoms with van der Waals surface area (Å²) in [5.41, 5.74) is 0. The molecule has 75 heavy (non-hydrogen) atoms. The molecule has 0 saturated carbocycles. The fraction of sp³-hybridized carbons (Fsp3) is 0.500. The van der Waals surface area contributed by atoms with Crippen LogP contribution in [-0.4, -0.2) is 87.4 Å². The van der Waals surface area contributed by atoms with Crippen molar-refractivity contribution in [1.29, 1.82) is 0 Å². The summed E-state index contributed by atoms with van der Waals surface area (Å²) in [7, 11) is 5.91. The molecule has 0 aliphatic rings. The third-order valence-corrected chi connectivity index (χ3v) is 10.7. The number of likely N-dealkylation sites (N-methyl/N-ethyl adjacent to an activating group) is 1. The molecular formula is C66H100NO8+. The molecule has 2 atom stereocenters. The highest BCUT2D eigenvalue weighted by Gasteiger charge is 2.25. The van der Waals surface area contributed by atoms with E-state index in [1.165, 1.54) is 0 Å². The minimum Gasteiger partial charge on any atom is -0.477 e. The van der Waals surface area contributed by atoms with Crippen molar-refractivity contribution in [3.05, 3.63) is 182 Å². The Bertz CT molecular complexity index is 1870. The minimum absolute atomic E-state index is 0.159. The number of esters is 2. The summed E-state index contributed by atoms with van der Waals surface area (Å²) < 4.78 is 22.6. The van der Waals surface area contributed by atoms with Crippen LogP contribution in [0.25, 0.3) is 0 Å². The molecule has 0 amide bonds. The van der Waals surface area contributed by atoms with Crippen LogP contribution >= 0.6 is 0 Å². The molecule has 0 fully saturated rings. The average molecular weight is 1040 g/mol. The van der Waals surface area contributed by atoms with Gasteiger partial charge in [0.2, 0.25) is 0 Å². The Morgan fingerprint density at radius 1 is 0.400 bits per heavy atom. The molecule has 0 spiro atoms. The van der Waals surface area contributed by atoms with Gasteiger partial charge in [-0.15, -0.1) is 0 Å². The van der Waals surface area contributed by atoms with E-state index >= 15 is 0 Å². The third kappa shape index (κ3) is 56.0. The second-order valence-corrected chi connectivity index (χ2v) is 18.8. The van der Waals surface area contributed by atoms with E-state index in [2.05, 4.69) is 184 Å². The number of carbonyl (C=O) groups is 3. The van der Waals surface area contributed by atoms with Gasteiger partial charge in [-0.25, -0.2) is 4.79 Å². The minimum atomic E-state index is -1.55. The van der Waals surface area contributed by atoms with Crippen LogP contribution in [0.2, 0.25) is 0 Å². The van der Waals surface area contributed by atoms with Gasteiger partial charge in [0.05, 0.1) is 34.4 Å². The lowest BCUT2D eigenvalue weighted by atomic mass is 10.1. The largest absolute Gasteiger partial charge is 0.477 e. The maximum absolute atomic E-state index is 12.8. The highest BCUT2D eigenvalue weighted by atomic mass is 16.7. The predicted molar refractivity (Wildman–Crippen MR) is 317 cm³/mol. The zero-order chi connectivity index (χ0) is 54.8. The van der Waals surface area contributed by atoms with Crippen LogP contribution in [0.5, 0.6) is 0 Å². The summed E-state index contributed by atoms with van der Waals surface area (Å²) in [4.78, 5) is 37.2. The van der Waals surface area contributed by atoms with Crippen molar-refractivity contribution in [3.63, 3.8) is 0 Å². The normalized spacial score (nSPS) is 14.2. The smallest absolute Gasteiger partial charge is 0.361 e. The molecule has 9 heteroatoms. The number of allylic oxidation sites excluding steroid dienone is 30. The summed E-state index contributed by atoms with van der Waals surface area (Å²) >= 11 is 0. The van der Waals surface area contributed by atoms with Crippen molar-refractivity contribution in [3.8, 4) is 0 Å². The maximum atomic E-state index is 12.8. The summed E-state index contributed by atoms with van der Waals surface area (Å²) in [5, 5.41) is 9.67. The molecule has 0 radical (unpaired) electrons. The van der Waals surface area contributed by atoms with Gasteiger partial charge < -0.3 is 28.5 Å². The monoisotopic (exact) mass is 1030 g/mol. The molecule has 9 nitrogen and oxygen atoms in total. The number of carboxylic acids is 1. The molecule has 2 unspecified atom stereocenters. The van der Waals surface area contributed by atoms with Crippen molar-refractivity contribution in [2.45, 2.75) is 167 Å². The summed E-state index contributed by atoms with van der Waals surface area (Å²) in [6.07, 6.45) is 81.5. The number of unbranched alkanes of at least 4 members (excludes halogenated alkanes) is 3. The van der Waals surface area contributed by atoms with Crippen LogP contribution in [0, 0.1) is 0 Å². The highest BCUT2D eigenvalue weighted by Crippen LogP contribution is 2.10. The van der Waals surface area contributed by atoms with Crippen LogP contribution in [-0.2, 0) is 33.3 Å². The number of carboxylic acid groups (broad SMARTS) is 1. The van der Waals surface area contributed by atoms with E-state index in [-0.39, 0.29) is 32.7 Å². The number of nitrogens with zero attached hydrogens (tertiary/aromatic N) is 1. The fourth-order valence-corrected chi connectivity index (χ4v) is 6.44. The molecule has 0 aliphatic heterocycles. The molecule has 0 aromatic carbocycles. The first kappa shape index (κ1) is 69.4. The standard InChI is InChI=1S/C66H99NO8/c1-6-8-10-12-14-16-18-20-21-22-23-24-25-26-27-28-29-30-31-32-33-34-35-36-37-38-39-40-41-42-43-45-47-49-51-53-55-57-64(69)75-62(61-74-66(65(70)71)72-59-58-67(3,4)5)60-73-63(68)56-54-52-50-48-46-44-19-17-15-13-11-9-7-2/h8-11,14-17,20-21,23-24,26-27,29-30,32-33,35-36,38-39,41-42,44-47,50,52,62,66H,6-7,12-13,18-19,22,25,28,31,34,37,40,43,48-49,51,53-61H2,1-5H3/p+1/b10-8-,11-9-,16-14-,17-15-,21-20-,24-23-,27-26-,30-29-,33-32-,36-35-,39-38-,42-41-,46-44-,47-45-,52-50-. The molecule has 0 bridgehead atoms. The maximum Gasteiger partial charge on any atom is 0.361 e. The Hall–Kier alpha value is -5.61. The van der Waals surface area contributed by atoms with Crippen LogP contribution in [0.15, 0.2) is 182 Å². The molecule has 0 aliphatic carbocycles. The number of quaternary nitrogens is 1. The van der Waals surface area contributed by atoms with Gasteiger partial charge in [0, 0.05) is 12.8 Å². The summed E-state index contributed by atoms with van der Waals surface area (Å²) in [6, 6.07) is 0. The molecule has 0 saturated heterocycles. The zero-order valence-corrected chi connectivity index (χ0v) is 47.1. The fourth-order valence-electron chi connectivity index (χ4n) is 6.44. The lowest BCUT2D eigenvalue weighted by Gasteiger charge is -2.25. The summed E-state index contributed by atoms with van der Waals surface area (Å²) in [5.74, 6) is -2.19. The third-order valence-electron chi connectivity index (χ3n) is 10.7. The Kier molecular flexibility index (Phi) is 50.6. The van der Waals surface area contributed by atoms with E-state index in [1.54, 1.807) is 0 Å². The second kappa shape index (κ2) is 54.6. The van der Waals surface area contributed by atoms with Gasteiger partial charge in [-0.3, -0.25) is 9.59 Å². The van der Waals surface area contributed by atoms with Crippen LogP contribution in [0.4, 0.5) is 0 Å². The first-order chi connectivity index (χ1) is 36.6. The quantitative estimate of drug-likeness (QED) is 0.0211. The molecule has 0 heterocycles. The summed E-state index contributed by atoms with van der Waals surface area (Å²) in [6.45, 7) is 4.47. The van der Waals surface area contributed by atoms with Crippen LogP contribution in [0.3, 0.4) is 0 Å². The second-order valence-electron chi connectivity index (χ2n) is 18.8. The van der Waals surface area contributed by atoms with Crippen molar-refractivity contribution >= 4 is 17.9 Å². The van der Waals surface area contributed by atoms with E-state index < -0.39 is 30.3 Å². The van der Waals surface area contributed by atoms with Gasteiger partial charge in [0.1, 0.15) is 13.2 Å². The Balaban J connectivity index is 4.36. The van der Waals surface area contributed by atoms with Crippen LogP contribution < -0.4 is 0 Å². The lowest BCUT2D eigenvalue weighted by molar-refractivity contribution is -0.870. The number of ether oxygens (including phenoxy) is 4. The Labute approximate surface area is 456 Å². The SMILES string of the molecule is CC/C=C\C/C=C\C/C=C\C/C=C\C/C=C\C/C=C\C/C=C\C/C=C\C/C=C\C/C=C\C/C=C\CCCCCC(=O)OC(COC(=O)CC/C=C\C/C=C\C/C=C\C/C=C\CC)COC(OCC[N+](C)(C)C)C(=O)O. The van der Waals surface area contributed by atoms with Gasteiger partial charge in [-0.1, -0.05) is 203 Å². The van der Waals surface area contributed by atoms with Crippen molar-refractivity contribution in [2.75, 3.05) is 47.5 Å². The van der Waals surface area contributed by atoms with Gasteiger partial charge in [-0.2, -0.15) is 0 Å². The number of hydrogen-bond donors (Lipinski definition) is 1. The van der Waals surface area contributed by atoms with Crippen molar-refractivity contribution in [2.24, 2.45) is 0 Å². The molecule has 0 rings (SSSR count). The predicted octanol–water partition coefficient (Wildman–Crippen LogP) is 16.6. The van der Waals surface area contributed by atoms with E-state index in [0.29, 0.717) is 23.9 Å². The molecule has 0 aromatic rings. The number of rotatable bonds is 48. The first-order valence-electron chi connectivity index (χ1n) is 27.9. The van der Waals surface area contributed by atoms with Gasteiger partial charge in [0.25, 0.3) is 6.29 Å². The molecule has 0 aromatic heterocycles. The van der Waals surface area contributed by atoms with Gasteiger partial charge in [-0.05, 0) is 122 Å². The first-order valence-corrected chi connectivity index (χ1v) is 27.9. The number of hydrogen-bond acceptors (Lipinski definition) is 7. The highest BCUT2D eigenvalue weighted by molar-refractivity contribution is 5.71. The average Bonchev–Trinajstić information content (AvgIpc) is 3.38. The van der Waals surface area contributed by atoms with E-state index in [1.807, 2.05) is 33.3 Å². The Morgan fingerprint density at radius 3 is 1.09 bits per heavy atom. The van der Waals surface area contributed by atoms with Crippen LogP contribution in [0.1, 0.15) is 155 Å². The molecule has 416 valence electrons. The number of aliphatic carboxylic acids is 1. The lowest BCUT2D eigenvalue weighted by Crippen LogP contribution is -2.40. The molecule has 1 N–H and O–H groups in total. The molecular weight excluding hydrogens is 935 g/mol.